The van der Waals surface area contributed by atoms with Gasteiger partial charge in [0, 0.05) is 24.1 Å². The Balaban J connectivity index is 1.36. The molecule has 2 heterocycles. The Hall–Kier alpha value is -2.53. The molecule has 27 heavy (non-hydrogen) atoms. The summed E-state index contributed by atoms with van der Waals surface area (Å²) < 4.78 is 0. The summed E-state index contributed by atoms with van der Waals surface area (Å²) in [5.74, 6) is 0.347. The van der Waals surface area contributed by atoms with Gasteiger partial charge in [-0.2, -0.15) is 0 Å². The summed E-state index contributed by atoms with van der Waals surface area (Å²) in [4.78, 5) is 28.2. The van der Waals surface area contributed by atoms with Gasteiger partial charge in [0.15, 0.2) is 0 Å². The Labute approximate surface area is 163 Å². The third kappa shape index (κ3) is 4.25. The van der Waals surface area contributed by atoms with Crippen molar-refractivity contribution in [2.45, 2.75) is 24.2 Å². The monoisotopic (exact) mass is 378 g/mol. The van der Waals surface area contributed by atoms with Crippen LogP contribution in [0.2, 0.25) is 0 Å². The number of hydrogen-bond donors (Lipinski definition) is 1. The second kappa shape index (κ2) is 8.01. The van der Waals surface area contributed by atoms with E-state index in [-0.39, 0.29) is 11.8 Å². The highest BCUT2D eigenvalue weighted by atomic mass is 32.2. The van der Waals surface area contributed by atoms with Crippen LogP contribution >= 0.6 is 11.8 Å². The van der Waals surface area contributed by atoms with Crippen LogP contribution < -0.4 is 5.32 Å². The van der Waals surface area contributed by atoms with Gasteiger partial charge in [0.05, 0.1) is 10.6 Å². The number of rotatable bonds is 3. The van der Waals surface area contributed by atoms with E-state index in [1.807, 2.05) is 35.2 Å². The van der Waals surface area contributed by atoms with Crippen LogP contribution in [0.5, 0.6) is 0 Å². The summed E-state index contributed by atoms with van der Waals surface area (Å²) in [7, 11) is 0. The van der Waals surface area contributed by atoms with E-state index in [1.54, 1.807) is 0 Å². The topological polar surface area (TPSA) is 49.4 Å². The Bertz CT molecular complexity index is 871. The molecule has 1 saturated heterocycles. The maximum absolute atomic E-state index is 12.6. The summed E-state index contributed by atoms with van der Waals surface area (Å²) in [6, 6.07) is 18.2. The van der Waals surface area contributed by atoms with E-state index in [1.165, 1.54) is 23.4 Å². The average molecular weight is 378 g/mol. The zero-order valence-corrected chi connectivity index (χ0v) is 15.9. The average Bonchev–Trinajstić information content (AvgIpc) is 2.70. The molecule has 0 bridgehead atoms. The highest BCUT2D eigenvalue weighted by Crippen LogP contribution is 2.37. The zero-order valence-electron chi connectivity index (χ0n) is 15.1. The van der Waals surface area contributed by atoms with Crippen molar-refractivity contribution in [3.8, 4) is 0 Å². The lowest BCUT2D eigenvalue weighted by atomic mass is 9.90. The molecule has 4 nitrogen and oxygen atoms in total. The Morgan fingerprint density at radius 2 is 1.78 bits per heavy atom. The molecule has 0 atom stereocenters. The Kier molecular flexibility index (Phi) is 5.30. The molecule has 0 saturated carbocycles. The van der Waals surface area contributed by atoms with Gasteiger partial charge in [-0.3, -0.25) is 9.59 Å². The van der Waals surface area contributed by atoms with E-state index < -0.39 is 0 Å². The van der Waals surface area contributed by atoms with Crippen LogP contribution in [0.4, 0.5) is 5.69 Å². The lowest BCUT2D eigenvalue weighted by Crippen LogP contribution is -2.38. The number of piperidine rings is 1. The van der Waals surface area contributed by atoms with Crippen LogP contribution in [0.15, 0.2) is 70.5 Å². The molecule has 2 amide bonds. The number of carbonyl (C=O) groups excluding carboxylic acids is 2. The van der Waals surface area contributed by atoms with Crippen LogP contribution in [0, 0.1) is 5.92 Å². The van der Waals surface area contributed by atoms with Crippen LogP contribution in [-0.4, -0.2) is 29.8 Å². The number of likely N-dealkylation sites (tertiary alicyclic amines) is 1. The first-order valence-electron chi connectivity index (χ1n) is 9.32. The van der Waals surface area contributed by atoms with E-state index in [9.17, 15) is 9.59 Å². The van der Waals surface area contributed by atoms with E-state index in [0.717, 1.165) is 42.9 Å². The molecule has 0 aliphatic carbocycles. The molecular weight excluding hydrogens is 356 g/mol. The molecule has 0 aromatic heterocycles. The van der Waals surface area contributed by atoms with Gasteiger partial charge in [-0.15, -0.1) is 0 Å². The first-order chi connectivity index (χ1) is 13.2. The number of amides is 2. The highest BCUT2D eigenvalue weighted by molar-refractivity contribution is 8.04. The summed E-state index contributed by atoms with van der Waals surface area (Å²) in [6.45, 7) is 1.51. The Morgan fingerprint density at radius 1 is 1.07 bits per heavy atom. The number of nitrogens with one attached hydrogen (secondary N) is 1. The largest absolute Gasteiger partial charge is 0.339 e. The van der Waals surface area contributed by atoms with Crippen molar-refractivity contribution in [1.82, 2.24) is 4.90 Å². The molecule has 2 aliphatic heterocycles. The maximum atomic E-state index is 12.6. The van der Waals surface area contributed by atoms with Crippen molar-refractivity contribution >= 4 is 29.3 Å². The predicted molar refractivity (Wildman–Crippen MR) is 108 cm³/mol. The number of para-hydroxylation sites is 1. The van der Waals surface area contributed by atoms with Crippen molar-refractivity contribution in [3.05, 3.63) is 71.1 Å². The third-order valence-electron chi connectivity index (χ3n) is 5.13. The molecule has 2 aliphatic rings. The van der Waals surface area contributed by atoms with Crippen molar-refractivity contribution in [2.75, 3.05) is 18.4 Å². The normalized spacial score (nSPS) is 18.9. The molecule has 5 heteroatoms. The Morgan fingerprint density at radius 3 is 2.56 bits per heavy atom. The lowest BCUT2D eigenvalue weighted by molar-refractivity contribution is -0.127. The lowest BCUT2D eigenvalue weighted by Gasteiger charge is -2.31. The summed E-state index contributed by atoms with van der Waals surface area (Å²) >= 11 is 1.36. The SMILES string of the molecule is O=C1Nc2ccccc2S/C1=C\C(=O)N1CCC(Cc2ccccc2)CC1. The highest BCUT2D eigenvalue weighted by Gasteiger charge is 2.25. The number of nitrogens with zero attached hydrogens (tertiary/aromatic N) is 1. The summed E-state index contributed by atoms with van der Waals surface area (Å²) in [5, 5.41) is 2.85. The fourth-order valence-electron chi connectivity index (χ4n) is 3.61. The second-order valence-electron chi connectivity index (χ2n) is 7.02. The molecule has 0 spiro atoms. The number of thioether (sulfide) groups is 1. The van der Waals surface area contributed by atoms with Crippen molar-refractivity contribution in [1.29, 1.82) is 0 Å². The molecule has 4 rings (SSSR count). The fourth-order valence-corrected chi connectivity index (χ4v) is 4.53. The van der Waals surface area contributed by atoms with Gasteiger partial charge in [0.25, 0.3) is 5.91 Å². The maximum Gasteiger partial charge on any atom is 0.262 e. The summed E-state index contributed by atoms with van der Waals surface area (Å²) in [5.41, 5.74) is 2.16. The summed E-state index contributed by atoms with van der Waals surface area (Å²) in [6.07, 6.45) is 4.57. The number of anilines is 1. The second-order valence-corrected chi connectivity index (χ2v) is 8.10. The van der Waals surface area contributed by atoms with E-state index in [2.05, 4.69) is 29.6 Å². The molecular formula is C22H22N2O2S. The minimum atomic E-state index is -0.203. The third-order valence-corrected chi connectivity index (χ3v) is 6.23. The van der Waals surface area contributed by atoms with Crippen molar-refractivity contribution < 1.29 is 9.59 Å². The molecule has 138 valence electrons. The van der Waals surface area contributed by atoms with E-state index >= 15 is 0 Å². The number of hydrogen-bond acceptors (Lipinski definition) is 3. The van der Waals surface area contributed by atoms with Gasteiger partial charge < -0.3 is 10.2 Å². The van der Waals surface area contributed by atoms with Crippen molar-refractivity contribution in [2.24, 2.45) is 5.92 Å². The van der Waals surface area contributed by atoms with Gasteiger partial charge in [-0.25, -0.2) is 0 Å². The molecule has 0 radical (unpaired) electrons. The standard InChI is InChI=1S/C22H22N2O2S/c25-21(15-20-22(26)23-18-8-4-5-9-19(18)27-20)24-12-10-17(11-13-24)14-16-6-2-1-3-7-16/h1-9,15,17H,10-14H2,(H,23,26)/b20-15-. The number of fused-ring (bicyclic) bond motifs is 1. The fraction of sp³-hybridized carbons (Fsp3) is 0.273. The zero-order chi connectivity index (χ0) is 18.6. The quantitative estimate of drug-likeness (QED) is 0.818. The van der Waals surface area contributed by atoms with Crippen LogP contribution in [-0.2, 0) is 16.0 Å². The van der Waals surface area contributed by atoms with Gasteiger partial charge in [-0.1, -0.05) is 54.2 Å². The van der Waals surface area contributed by atoms with Crippen LogP contribution in [0.1, 0.15) is 18.4 Å². The first kappa shape index (κ1) is 17.9. The number of carbonyl (C=O) groups is 2. The first-order valence-corrected chi connectivity index (χ1v) is 10.1. The van der Waals surface area contributed by atoms with Gasteiger partial charge in [0.1, 0.15) is 0 Å². The molecule has 1 fully saturated rings. The molecule has 2 aromatic rings. The number of benzene rings is 2. The van der Waals surface area contributed by atoms with Gasteiger partial charge in [-0.05, 0) is 42.9 Å². The van der Waals surface area contributed by atoms with Gasteiger partial charge in [0.2, 0.25) is 5.91 Å². The minimum Gasteiger partial charge on any atom is -0.339 e. The predicted octanol–water partition coefficient (Wildman–Crippen LogP) is 4.10. The molecule has 0 unspecified atom stereocenters. The molecule has 2 aromatic carbocycles. The molecule has 1 N–H and O–H groups in total. The minimum absolute atomic E-state index is 0.0646. The van der Waals surface area contributed by atoms with E-state index in [4.69, 9.17) is 0 Å². The van der Waals surface area contributed by atoms with E-state index in [0.29, 0.717) is 10.8 Å². The van der Waals surface area contributed by atoms with Crippen LogP contribution in [0.25, 0.3) is 0 Å². The van der Waals surface area contributed by atoms with Crippen LogP contribution in [0.3, 0.4) is 0 Å². The van der Waals surface area contributed by atoms with Gasteiger partial charge >= 0.3 is 0 Å². The van der Waals surface area contributed by atoms with Crippen molar-refractivity contribution in [3.63, 3.8) is 0 Å². The smallest absolute Gasteiger partial charge is 0.262 e.